The number of hydrogen-bond donors (Lipinski definition) is 4. The molecular weight excluding hydrogens is 911 g/mol. The Hall–Kier alpha value is -8.98. The number of aromatic nitrogens is 4. The highest BCUT2D eigenvalue weighted by atomic mass is 16.5. The number of rotatable bonds is 17. The van der Waals surface area contributed by atoms with Gasteiger partial charge in [0.15, 0.2) is 11.6 Å². The second-order valence-electron chi connectivity index (χ2n) is 16.4. The third-order valence-corrected chi connectivity index (χ3v) is 11.2. The summed E-state index contributed by atoms with van der Waals surface area (Å²) < 4.78 is 15.1. The third-order valence-electron chi connectivity index (χ3n) is 11.2. The molecule has 5 N–H and O–H groups in total. The maximum absolute atomic E-state index is 13.5. The molecular formula is C55H59N11O6. The van der Waals surface area contributed by atoms with E-state index >= 15 is 0 Å². The molecule has 2 aromatic heterocycles. The van der Waals surface area contributed by atoms with Gasteiger partial charge < -0.3 is 35.5 Å². The third kappa shape index (κ3) is 15.5. The first-order chi connectivity index (χ1) is 34.3. The summed E-state index contributed by atoms with van der Waals surface area (Å²) in [4.78, 5) is 46.0. The van der Waals surface area contributed by atoms with Crippen LogP contribution in [-0.4, -0.2) is 38.0 Å². The van der Waals surface area contributed by atoms with Gasteiger partial charge in [0.1, 0.15) is 23.1 Å². The van der Waals surface area contributed by atoms with Crippen molar-refractivity contribution in [1.29, 1.82) is 15.8 Å². The lowest BCUT2D eigenvalue weighted by atomic mass is 9.77. The molecule has 0 saturated carbocycles. The highest BCUT2D eigenvalue weighted by Crippen LogP contribution is 2.37. The quantitative estimate of drug-likeness (QED) is 0.0488. The molecule has 0 radical (unpaired) electrons. The Kier molecular flexibility index (Phi) is 21.5. The minimum Gasteiger partial charge on any atom is -0.388 e. The number of ketones is 1. The molecule has 17 heteroatoms. The highest BCUT2D eigenvalue weighted by Gasteiger charge is 2.38. The van der Waals surface area contributed by atoms with Crippen LogP contribution in [0.4, 0.5) is 10.5 Å². The summed E-state index contributed by atoms with van der Waals surface area (Å²) in [6, 6.07) is 44.8. The first-order valence-electron chi connectivity index (χ1n) is 22.9. The maximum atomic E-state index is 13.5. The van der Waals surface area contributed by atoms with Crippen LogP contribution in [-0.2, 0) is 15.1 Å². The van der Waals surface area contributed by atoms with Crippen LogP contribution < -0.4 is 26.4 Å². The number of urea groups is 1. The molecule has 0 saturated heterocycles. The average Bonchev–Trinajstić information content (AvgIpc) is 4.11. The first kappa shape index (κ1) is 55.6. The van der Waals surface area contributed by atoms with Crippen molar-refractivity contribution in [3.63, 3.8) is 0 Å². The Labute approximate surface area is 420 Å². The van der Waals surface area contributed by atoms with Gasteiger partial charge in [-0.15, -0.1) is 5.26 Å². The van der Waals surface area contributed by atoms with Gasteiger partial charge in [0.2, 0.25) is 17.7 Å². The maximum Gasteiger partial charge on any atom is 0.319 e. The topological polar surface area (TPSA) is 272 Å². The first-order valence-corrected chi connectivity index (χ1v) is 22.9. The number of Topliss-reactive ketones (excluding diaryl/α,β-unsaturated/α-hetero) is 1. The summed E-state index contributed by atoms with van der Waals surface area (Å²) in [5.74, 6) is 1.96. The van der Waals surface area contributed by atoms with Gasteiger partial charge in [-0.1, -0.05) is 149 Å². The van der Waals surface area contributed by atoms with Crippen LogP contribution in [0.25, 0.3) is 0 Å². The van der Waals surface area contributed by atoms with E-state index in [1.807, 2.05) is 124 Å². The van der Waals surface area contributed by atoms with Crippen LogP contribution in [0.2, 0.25) is 0 Å². The second kappa shape index (κ2) is 27.9. The van der Waals surface area contributed by atoms with Gasteiger partial charge in [-0.2, -0.15) is 20.5 Å². The Bertz CT molecular complexity index is 2840. The normalized spacial score (nSPS) is 12.0. The van der Waals surface area contributed by atoms with E-state index in [2.05, 4.69) is 47.9 Å². The van der Waals surface area contributed by atoms with Crippen molar-refractivity contribution in [3.05, 3.63) is 191 Å². The van der Waals surface area contributed by atoms with Crippen molar-refractivity contribution >= 4 is 23.4 Å². The van der Waals surface area contributed by atoms with Crippen molar-refractivity contribution in [3.8, 4) is 24.1 Å². The van der Waals surface area contributed by atoms with Gasteiger partial charge in [-0.25, -0.2) is 4.79 Å². The molecule has 0 aliphatic heterocycles. The molecule has 0 spiro atoms. The molecule has 17 nitrogen and oxygen atoms in total. The smallest absolute Gasteiger partial charge is 0.319 e. The number of anilines is 1. The number of hydrogen-bond acceptors (Lipinski definition) is 14. The molecule has 0 aliphatic carbocycles. The van der Waals surface area contributed by atoms with E-state index in [0.717, 1.165) is 29.5 Å². The van der Waals surface area contributed by atoms with Crippen molar-refractivity contribution in [2.75, 3.05) is 5.32 Å². The zero-order valence-corrected chi connectivity index (χ0v) is 40.1. The Morgan fingerprint density at radius 1 is 0.681 bits per heavy atom. The Morgan fingerprint density at radius 3 is 1.65 bits per heavy atom. The Morgan fingerprint density at radius 2 is 1.17 bits per heavy atom. The lowest BCUT2D eigenvalue weighted by molar-refractivity contribution is -0.123. The zero-order valence-electron chi connectivity index (χ0n) is 40.1. The highest BCUT2D eigenvalue weighted by molar-refractivity contribution is 5.90. The molecule has 5 aromatic carbocycles. The second-order valence-corrected chi connectivity index (χ2v) is 16.4. The van der Waals surface area contributed by atoms with Crippen molar-refractivity contribution in [1.82, 2.24) is 30.9 Å². The van der Waals surface area contributed by atoms with Crippen LogP contribution in [0.3, 0.4) is 0 Å². The standard InChI is InChI=1S/C28H30N4O2.C18H21N5O3.C8H4N2O.CH4/c1-3-20(2)26-30-27(34-32-26)24(29)19-25(33)31-28(21-13-7-4-8-14-21,22-15-9-5-10-16-22)23-17-11-6-12-18-23;1-4-11(2)16-22-17(26-23-16)15(8-12(3)24)21-18(25)20-14-7-5-6-13(9-14)10-19;9-5-7-2-1-3-8(4-7)11-6-10;/h4-18,20,24H,3,19,29H2,1-2H3,(H,31,33);5-7,9,11,15H,4,8H2,1-3H3,(H2,20,21,25);1-4H;1H4/t20-,24-;11-,15-;;/m00../s1. The van der Waals surface area contributed by atoms with E-state index in [1.165, 1.54) is 19.2 Å². The van der Waals surface area contributed by atoms with Gasteiger partial charge in [-0.3, -0.25) is 9.59 Å². The van der Waals surface area contributed by atoms with Gasteiger partial charge in [0.25, 0.3) is 6.26 Å². The SMILES string of the molecule is C.CC[C@H](C)c1noc([C@@H](N)CC(=O)NC(c2ccccc2)(c2ccccc2)c2ccccc2)n1.CC[C@H](C)c1noc([C@H](CC(C)=O)NC(=O)Nc2cccc(C#N)c2)n1.N#COc1cccc(C#N)c1. The number of nitrogens with zero attached hydrogens (tertiary/aromatic N) is 7. The van der Waals surface area contributed by atoms with E-state index in [1.54, 1.807) is 42.5 Å². The van der Waals surface area contributed by atoms with Gasteiger partial charge >= 0.3 is 6.03 Å². The molecule has 0 fully saturated rings. The van der Waals surface area contributed by atoms with Crippen LogP contribution in [0.1, 0.15) is 143 Å². The predicted molar refractivity (Wildman–Crippen MR) is 270 cm³/mol. The molecule has 0 unspecified atom stereocenters. The van der Waals surface area contributed by atoms with E-state index in [0.29, 0.717) is 34.2 Å². The van der Waals surface area contributed by atoms with E-state index < -0.39 is 23.7 Å². The van der Waals surface area contributed by atoms with Crippen LogP contribution in [0, 0.1) is 34.2 Å². The van der Waals surface area contributed by atoms with Crippen LogP contribution in [0.15, 0.2) is 149 Å². The zero-order chi connectivity index (χ0) is 51.2. The Balaban J connectivity index is 0.000000261. The molecule has 3 amide bonds. The fourth-order valence-corrected chi connectivity index (χ4v) is 7.04. The molecule has 0 aliphatic rings. The minimum atomic E-state index is -0.892. The molecule has 370 valence electrons. The number of nitrogens with one attached hydrogen (secondary N) is 3. The average molecular weight is 970 g/mol. The van der Waals surface area contributed by atoms with Crippen LogP contribution >= 0.6 is 0 Å². The number of benzene rings is 5. The van der Waals surface area contributed by atoms with Gasteiger partial charge in [-0.05, 0) is 72.9 Å². The largest absolute Gasteiger partial charge is 0.388 e. The predicted octanol–water partition coefficient (Wildman–Crippen LogP) is 10.4. The number of nitrogens with two attached hydrogens (primary N) is 1. The summed E-state index contributed by atoms with van der Waals surface area (Å²) in [5.41, 5.74) is 9.67. The summed E-state index contributed by atoms with van der Waals surface area (Å²) in [6.07, 6.45) is 3.31. The number of carbonyl (C=O) groups excluding carboxylic acids is 3. The molecule has 72 heavy (non-hydrogen) atoms. The number of carbonyl (C=O) groups is 3. The van der Waals surface area contributed by atoms with E-state index in [9.17, 15) is 14.4 Å². The number of amides is 3. The monoisotopic (exact) mass is 969 g/mol. The molecule has 0 bridgehead atoms. The van der Waals surface area contributed by atoms with Gasteiger partial charge in [0, 0.05) is 23.9 Å². The minimum absolute atomic E-state index is 0. The molecule has 7 aromatic rings. The molecule has 7 rings (SSSR count). The van der Waals surface area contributed by atoms with Crippen molar-refractivity contribution in [2.24, 2.45) is 5.73 Å². The fourth-order valence-electron chi connectivity index (χ4n) is 7.04. The lowest BCUT2D eigenvalue weighted by Gasteiger charge is -2.37. The van der Waals surface area contributed by atoms with Crippen molar-refractivity contribution < 1.29 is 28.2 Å². The number of ether oxygens (including phenoxy) is 1. The fraction of sp³-hybridized carbons (Fsp3) is 0.273. The summed E-state index contributed by atoms with van der Waals surface area (Å²) >= 11 is 0. The van der Waals surface area contributed by atoms with E-state index in [-0.39, 0.29) is 55.6 Å². The molecule has 4 atom stereocenters. The van der Waals surface area contributed by atoms with E-state index in [4.69, 9.17) is 30.6 Å². The summed E-state index contributed by atoms with van der Waals surface area (Å²) in [5, 5.41) is 42.1. The number of nitriles is 3. The van der Waals surface area contributed by atoms with Gasteiger partial charge in [0.05, 0.1) is 35.7 Å². The molecule has 2 heterocycles. The van der Waals surface area contributed by atoms with Crippen molar-refractivity contribution in [2.45, 2.75) is 97.2 Å². The lowest BCUT2D eigenvalue weighted by Crippen LogP contribution is -2.48. The summed E-state index contributed by atoms with van der Waals surface area (Å²) in [6.45, 7) is 9.49. The van der Waals surface area contributed by atoms with Crippen LogP contribution in [0.5, 0.6) is 5.75 Å². The summed E-state index contributed by atoms with van der Waals surface area (Å²) in [7, 11) is 0.